The summed E-state index contributed by atoms with van der Waals surface area (Å²) in [6.45, 7) is 0.586. The predicted molar refractivity (Wildman–Crippen MR) is 51.7 cm³/mol. The molecule has 0 spiro atoms. The summed E-state index contributed by atoms with van der Waals surface area (Å²) in [6, 6.07) is 0. The molecule has 15 heavy (non-hydrogen) atoms. The monoisotopic (exact) mass is 243 g/mol. The number of hydrogen-bond donors (Lipinski definition) is 1. The summed E-state index contributed by atoms with van der Waals surface area (Å²) in [6.07, 6.45) is 0.697. The number of alkyl halides is 2. The van der Waals surface area contributed by atoms with E-state index in [0.29, 0.717) is 25.9 Å². The first-order valence-electron chi connectivity index (χ1n) is 4.84. The van der Waals surface area contributed by atoms with Crippen LogP contribution in [0.5, 0.6) is 0 Å². The molecule has 1 N–H and O–H groups in total. The van der Waals surface area contributed by atoms with E-state index in [4.69, 9.17) is 4.55 Å². The molecule has 0 aromatic heterocycles. The van der Waals surface area contributed by atoms with Gasteiger partial charge in [-0.25, -0.2) is 8.78 Å². The average molecular weight is 243 g/mol. The van der Waals surface area contributed by atoms with Crippen molar-refractivity contribution in [3.05, 3.63) is 0 Å². The minimum Gasteiger partial charge on any atom is -0.297 e. The highest BCUT2D eigenvalue weighted by atomic mass is 32.2. The Balaban J connectivity index is 2.12. The van der Waals surface area contributed by atoms with Crippen molar-refractivity contribution in [1.82, 2.24) is 4.90 Å². The van der Waals surface area contributed by atoms with E-state index in [1.54, 1.807) is 4.90 Å². The van der Waals surface area contributed by atoms with Crippen LogP contribution >= 0.6 is 0 Å². The average Bonchev–Trinajstić information content (AvgIpc) is 2.38. The Labute approximate surface area is 88.0 Å². The maximum Gasteiger partial charge on any atom is 0.264 e. The van der Waals surface area contributed by atoms with E-state index < -0.39 is 16.0 Å². The summed E-state index contributed by atoms with van der Waals surface area (Å²) < 4.78 is 54.6. The van der Waals surface area contributed by atoms with Gasteiger partial charge in [-0.15, -0.1) is 0 Å². The highest BCUT2D eigenvalue weighted by molar-refractivity contribution is 7.85. The first-order chi connectivity index (χ1) is 6.79. The van der Waals surface area contributed by atoms with Crippen molar-refractivity contribution >= 4 is 10.1 Å². The van der Waals surface area contributed by atoms with Crippen molar-refractivity contribution in [2.45, 2.75) is 25.2 Å². The van der Waals surface area contributed by atoms with Gasteiger partial charge in [-0.1, -0.05) is 0 Å². The van der Waals surface area contributed by atoms with E-state index in [1.165, 1.54) is 0 Å². The van der Waals surface area contributed by atoms with Crippen molar-refractivity contribution in [2.75, 3.05) is 25.4 Å². The molecule has 0 saturated carbocycles. The lowest BCUT2D eigenvalue weighted by atomic mass is 10.3. The summed E-state index contributed by atoms with van der Waals surface area (Å²) in [5.41, 5.74) is 0. The molecule has 1 saturated heterocycles. The second kappa shape index (κ2) is 4.71. The SMILES string of the molecule is O=S(=O)(O)CCCCN1CCC(F)(F)C1. The smallest absolute Gasteiger partial charge is 0.264 e. The molecule has 1 aliphatic heterocycles. The van der Waals surface area contributed by atoms with E-state index in [9.17, 15) is 17.2 Å². The zero-order valence-corrected chi connectivity index (χ0v) is 9.14. The summed E-state index contributed by atoms with van der Waals surface area (Å²) in [5, 5.41) is 0. The maximum atomic E-state index is 12.7. The number of halogens is 2. The third-order valence-corrected chi connectivity index (χ3v) is 3.18. The lowest BCUT2D eigenvalue weighted by Gasteiger charge is -2.14. The fraction of sp³-hybridized carbons (Fsp3) is 1.00. The van der Waals surface area contributed by atoms with E-state index >= 15 is 0 Å². The second-order valence-corrected chi connectivity index (χ2v) is 5.45. The third-order valence-electron chi connectivity index (χ3n) is 2.38. The van der Waals surface area contributed by atoms with E-state index in [2.05, 4.69) is 0 Å². The maximum absolute atomic E-state index is 12.7. The number of hydrogen-bond acceptors (Lipinski definition) is 3. The minimum absolute atomic E-state index is 0.120. The van der Waals surface area contributed by atoms with E-state index in [1.807, 2.05) is 0 Å². The molecule has 1 aliphatic rings. The van der Waals surface area contributed by atoms with Crippen LogP contribution in [0.2, 0.25) is 0 Å². The molecule has 0 amide bonds. The van der Waals surface area contributed by atoms with Crippen molar-refractivity contribution < 1.29 is 21.8 Å². The van der Waals surface area contributed by atoms with Gasteiger partial charge in [0.1, 0.15) is 0 Å². The van der Waals surface area contributed by atoms with Gasteiger partial charge >= 0.3 is 0 Å². The van der Waals surface area contributed by atoms with Gasteiger partial charge in [0.2, 0.25) is 0 Å². The van der Waals surface area contributed by atoms with Gasteiger partial charge in [0.15, 0.2) is 0 Å². The molecule has 1 rings (SSSR count). The molecular formula is C8H15F2NO3S. The molecule has 0 radical (unpaired) electrons. The summed E-state index contributed by atoms with van der Waals surface area (Å²) >= 11 is 0. The van der Waals surface area contributed by atoms with Crippen LogP contribution in [0.3, 0.4) is 0 Å². The van der Waals surface area contributed by atoms with Gasteiger partial charge in [-0.3, -0.25) is 9.45 Å². The van der Waals surface area contributed by atoms with Crippen LogP contribution in [0.25, 0.3) is 0 Å². The quantitative estimate of drug-likeness (QED) is 0.578. The van der Waals surface area contributed by atoms with Crippen LogP contribution in [0.15, 0.2) is 0 Å². The Morgan fingerprint density at radius 1 is 1.33 bits per heavy atom. The molecule has 0 unspecified atom stereocenters. The topological polar surface area (TPSA) is 57.6 Å². The number of likely N-dealkylation sites (tertiary alicyclic amines) is 1. The van der Waals surface area contributed by atoms with Crippen molar-refractivity contribution in [3.63, 3.8) is 0 Å². The second-order valence-electron chi connectivity index (χ2n) is 3.88. The molecule has 0 aromatic rings. The third kappa shape index (κ3) is 5.39. The summed E-state index contributed by atoms with van der Waals surface area (Å²) in [4.78, 5) is 1.62. The van der Waals surface area contributed by atoms with Crippen molar-refractivity contribution in [2.24, 2.45) is 0 Å². The fourth-order valence-electron chi connectivity index (χ4n) is 1.62. The van der Waals surface area contributed by atoms with Gasteiger partial charge in [-0.05, 0) is 19.4 Å². The van der Waals surface area contributed by atoms with Crippen LogP contribution in [0, 0.1) is 0 Å². The Kier molecular flexibility index (Phi) is 4.02. The summed E-state index contributed by atoms with van der Waals surface area (Å²) in [7, 11) is -3.91. The van der Waals surface area contributed by atoms with Crippen LogP contribution in [0.4, 0.5) is 8.78 Å². The first-order valence-corrected chi connectivity index (χ1v) is 6.45. The Morgan fingerprint density at radius 3 is 2.47 bits per heavy atom. The number of nitrogens with zero attached hydrogens (tertiary/aromatic N) is 1. The van der Waals surface area contributed by atoms with Crippen LogP contribution in [-0.2, 0) is 10.1 Å². The Hall–Kier alpha value is -0.270. The van der Waals surface area contributed by atoms with Crippen LogP contribution in [-0.4, -0.2) is 49.2 Å². The molecule has 1 fully saturated rings. The molecule has 0 atom stereocenters. The van der Waals surface area contributed by atoms with Crippen molar-refractivity contribution in [3.8, 4) is 0 Å². The van der Waals surface area contributed by atoms with Gasteiger partial charge in [0.05, 0.1) is 12.3 Å². The summed E-state index contributed by atoms with van der Waals surface area (Å²) in [5.74, 6) is -2.89. The Bertz CT molecular complexity index is 305. The first kappa shape index (κ1) is 12.8. The molecule has 4 nitrogen and oxygen atoms in total. The largest absolute Gasteiger partial charge is 0.297 e. The van der Waals surface area contributed by atoms with Gasteiger partial charge in [-0.2, -0.15) is 8.42 Å². The lowest BCUT2D eigenvalue weighted by Crippen LogP contribution is -2.26. The number of unbranched alkanes of at least 4 members (excludes halogenated alkanes) is 1. The molecule has 0 aliphatic carbocycles. The normalized spacial score (nSPS) is 22.1. The Morgan fingerprint density at radius 2 is 2.00 bits per heavy atom. The molecule has 1 heterocycles. The van der Waals surface area contributed by atoms with Crippen LogP contribution in [0.1, 0.15) is 19.3 Å². The van der Waals surface area contributed by atoms with Gasteiger partial charge in [0.25, 0.3) is 16.0 Å². The highest BCUT2D eigenvalue weighted by Gasteiger charge is 2.37. The van der Waals surface area contributed by atoms with Gasteiger partial charge < -0.3 is 0 Å². The standard InChI is InChI=1S/C8H15F2NO3S/c9-8(10)3-5-11(7-8)4-1-2-6-15(12,13)14/h1-7H2,(H,12,13,14). The predicted octanol–water partition coefficient (Wildman–Crippen LogP) is 0.995. The van der Waals surface area contributed by atoms with E-state index in [0.717, 1.165) is 0 Å². The minimum atomic E-state index is -3.91. The molecular weight excluding hydrogens is 228 g/mol. The highest BCUT2D eigenvalue weighted by Crippen LogP contribution is 2.26. The van der Waals surface area contributed by atoms with Gasteiger partial charge in [0, 0.05) is 13.0 Å². The lowest BCUT2D eigenvalue weighted by molar-refractivity contribution is 0.0121. The molecule has 0 aromatic carbocycles. The van der Waals surface area contributed by atoms with Crippen molar-refractivity contribution in [1.29, 1.82) is 0 Å². The zero-order valence-electron chi connectivity index (χ0n) is 8.32. The molecule has 90 valence electrons. The van der Waals surface area contributed by atoms with E-state index in [-0.39, 0.29) is 18.7 Å². The fourth-order valence-corrected chi connectivity index (χ4v) is 2.19. The van der Waals surface area contributed by atoms with Crippen LogP contribution < -0.4 is 0 Å². The molecule has 7 heteroatoms. The zero-order chi connectivity index (χ0) is 11.5. The molecule has 0 bridgehead atoms. The number of rotatable bonds is 5.